The number of nitrogens with zero attached hydrogens (tertiary/aromatic N) is 1. The molecule has 0 spiro atoms. The lowest BCUT2D eigenvalue weighted by Gasteiger charge is -2.17. The maximum Gasteiger partial charge on any atom is 0.413 e. The molecule has 2 amide bonds. The highest BCUT2D eigenvalue weighted by Crippen LogP contribution is 2.19. The average Bonchev–Trinajstić information content (AvgIpc) is 2.73. The number of amides is 2. The third-order valence-corrected chi connectivity index (χ3v) is 6.06. The standard InChI is InChI=1S/C21H27N3O5S/c1-5-15(3)23-30(27,28)19-13-7-16(8-14-19)20(25)22-17-9-11-18(12-10-17)24(4)21(26)29-6-2/h7-15,23H,5-6H2,1-4H3,(H,22,25). The van der Waals surface area contributed by atoms with E-state index >= 15 is 0 Å². The second kappa shape index (κ2) is 10.2. The van der Waals surface area contributed by atoms with Crippen LogP contribution in [0.15, 0.2) is 53.4 Å². The lowest BCUT2D eigenvalue weighted by atomic mass is 10.2. The highest BCUT2D eigenvalue weighted by atomic mass is 32.2. The molecule has 2 aromatic carbocycles. The Hall–Kier alpha value is -2.91. The van der Waals surface area contributed by atoms with Crippen molar-refractivity contribution in [1.29, 1.82) is 0 Å². The molecule has 0 aliphatic rings. The summed E-state index contributed by atoms with van der Waals surface area (Å²) in [6.45, 7) is 5.69. The molecule has 162 valence electrons. The maximum absolute atomic E-state index is 12.5. The van der Waals surface area contributed by atoms with Gasteiger partial charge in [0, 0.05) is 30.0 Å². The summed E-state index contributed by atoms with van der Waals surface area (Å²) in [5.74, 6) is -0.375. The lowest BCUT2D eigenvalue weighted by Crippen LogP contribution is -2.32. The predicted octanol–water partition coefficient (Wildman–Crippen LogP) is 3.61. The molecule has 0 aromatic heterocycles. The molecule has 0 saturated heterocycles. The normalized spacial score (nSPS) is 12.1. The van der Waals surface area contributed by atoms with Crippen molar-refractivity contribution >= 4 is 33.4 Å². The van der Waals surface area contributed by atoms with Gasteiger partial charge in [0.05, 0.1) is 11.5 Å². The van der Waals surface area contributed by atoms with Crippen LogP contribution in [-0.4, -0.2) is 40.1 Å². The summed E-state index contributed by atoms with van der Waals surface area (Å²) in [6.07, 6.45) is 0.209. The van der Waals surface area contributed by atoms with E-state index in [1.165, 1.54) is 29.2 Å². The second-order valence-corrected chi connectivity index (χ2v) is 8.43. The van der Waals surface area contributed by atoms with Crippen LogP contribution in [-0.2, 0) is 14.8 Å². The van der Waals surface area contributed by atoms with Gasteiger partial charge in [-0.15, -0.1) is 0 Å². The lowest BCUT2D eigenvalue weighted by molar-refractivity contribution is 0.102. The SMILES string of the molecule is CCOC(=O)N(C)c1ccc(NC(=O)c2ccc(S(=O)(=O)NC(C)CC)cc2)cc1. The maximum atomic E-state index is 12.5. The minimum Gasteiger partial charge on any atom is -0.449 e. The summed E-state index contributed by atoms with van der Waals surface area (Å²) >= 11 is 0. The first-order valence-electron chi connectivity index (χ1n) is 9.62. The van der Waals surface area contributed by atoms with Gasteiger partial charge in [-0.05, 0) is 68.8 Å². The molecule has 0 radical (unpaired) electrons. The van der Waals surface area contributed by atoms with Gasteiger partial charge in [0.2, 0.25) is 10.0 Å². The van der Waals surface area contributed by atoms with Crippen LogP contribution >= 0.6 is 0 Å². The Morgan fingerprint density at radius 1 is 1.03 bits per heavy atom. The molecule has 0 aliphatic carbocycles. The monoisotopic (exact) mass is 433 g/mol. The van der Waals surface area contributed by atoms with Crippen molar-refractivity contribution in [1.82, 2.24) is 4.72 Å². The van der Waals surface area contributed by atoms with Gasteiger partial charge < -0.3 is 10.1 Å². The van der Waals surface area contributed by atoms with Gasteiger partial charge in [-0.2, -0.15) is 0 Å². The fraction of sp³-hybridized carbons (Fsp3) is 0.333. The molecule has 2 aromatic rings. The number of sulfonamides is 1. The molecule has 0 heterocycles. The first kappa shape index (κ1) is 23.4. The molecule has 0 fully saturated rings. The van der Waals surface area contributed by atoms with Crippen molar-refractivity contribution in [2.75, 3.05) is 23.9 Å². The number of rotatable bonds is 8. The first-order valence-corrected chi connectivity index (χ1v) is 11.1. The van der Waals surface area contributed by atoms with E-state index in [0.717, 1.165) is 0 Å². The predicted molar refractivity (Wildman–Crippen MR) is 116 cm³/mol. The Kier molecular flexibility index (Phi) is 7.96. The number of ether oxygens (including phenoxy) is 1. The molecule has 2 N–H and O–H groups in total. The van der Waals surface area contributed by atoms with Crippen LogP contribution in [0.3, 0.4) is 0 Å². The van der Waals surface area contributed by atoms with E-state index in [0.29, 0.717) is 23.4 Å². The number of anilines is 2. The number of nitrogens with one attached hydrogen (secondary N) is 2. The van der Waals surface area contributed by atoms with E-state index in [2.05, 4.69) is 10.0 Å². The number of benzene rings is 2. The number of hydrogen-bond donors (Lipinski definition) is 2. The van der Waals surface area contributed by atoms with Gasteiger partial charge in [0.25, 0.3) is 5.91 Å². The summed E-state index contributed by atoms with van der Waals surface area (Å²) < 4.78 is 32.1. The van der Waals surface area contributed by atoms with Crippen molar-refractivity contribution in [3.8, 4) is 0 Å². The van der Waals surface area contributed by atoms with E-state index in [9.17, 15) is 18.0 Å². The Bertz CT molecular complexity index is 973. The van der Waals surface area contributed by atoms with Gasteiger partial charge in [0.15, 0.2) is 0 Å². The highest BCUT2D eigenvalue weighted by Gasteiger charge is 2.17. The van der Waals surface area contributed by atoms with Crippen molar-refractivity contribution in [3.63, 3.8) is 0 Å². The van der Waals surface area contributed by atoms with Crippen LogP contribution < -0.4 is 14.9 Å². The van der Waals surface area contributed by atoms with Crippen molar-refractivity contribution < 1.29 is 22.7 Å². The van der Waals surface area contributed by atoms with Crippen LogP contribution in [0.5, 0.6) is 0 Å². The molecule has 30 heavy (non-hydrogen) atoms. The van der Waals surface area contributed by atoms with Crippen molar-refractivity contribution in [2.24, 2.45) is 0 Å². The molecular weight excluding hydrogens is 406 g/mol. The largest absolute Gasteiger partial charge is 0.449 e. The highest BCUT2D eigenvalue weighted by molar-refractivity contribution is 7.89. The molecule has 0 saturated carbocycles. The van der Waals surface area contributed by atoms with E-state index in [4.69, 9.17) is 4.74 Å². The molecular formula is C21H27N3O5S. The second-order valence-electron chi connectivity index (χ2n) is 6.71. The summed E-state index contributed by atoms with van der Waals surface area (Å²) in [5, 5.41) is 2.74. The van der Waals surface area contributed by atoms with E-state index < -0.39 is 16.1 Å². The van der Waals surface area contributed by atoms with E-state index in [1.54, 1.807) is 45.2 Å². The van der Waals surface area contributed by atoms with Gasteiger partial charge in [-0.3, -0.25) is 9.69 Å². The van der Waals surface area contributed by atoms with Crippen molar-refractivity contribution in [3.05, 3.63) is 54.1 Å². The Labute approximate surface area is 177 Å². The summed E-state index contributed by atoms with van der Waals surface area (Å²) in [5.41, 5.74) is 1.48. The number of carbonyl (C=O) groups excluding carboxylic acids is 2. The molecule has 9 heteroatoms. The van der Waals surface area contributed by atoms with E-state index in [1.807, 2.05) is 6.92 Å². The van der Waals surface area contributed by atoms with Gasteiger partial charge in [0.1, 0.15) is 0 Å². The molecule has 1 atom stereocenters. The van der Waals surface area contributed by atoms with E-state index in [-0.39, 0.29) is 23.5 Å². The summed E-state index contributed by atoms with van der Waals surface area (Å²) in [6, 6.07) is 12.2. The van der Waals surface area contributed by atoms with Crippen LogP contribution in [0.4, 0.5) is 16.2 Å². The Morgan fingerprint density at radius 2 is 1.63 bits per heavy atom. The first-order chi connectivity index (χ1) is 14.2. The van der Waals surface area contributed by atoms with Crippen LogP contribution in [0.2, 0.25) is 0 Å². The quantitative estimate of drug-likeness (QED) is 0.662. The fourth-order valence-electron chi connectivity index (χ4n) is 2.50. The Morgan fingerprint density at radius 3 is 2.17 bits per heavy atom. The number of hydrogen-bond acceptors (Lipinski definition) is 5. The smallest absolute Gasteiger partial charge is 0.413 e. The van der Waals surface area contributed by atoms with Crippen LogP contribution in [0.25, 0.3) is 0 Å². The minimum absolute atomic E-state index is 0.103. The fourth-order valence-corrected chi connectivity index (χ4v) is 3.83. The molecule has 2 rings (SSSR count). The topological polar surface area (TPSA) is 105 Å². The van der Waals surface area contributed by atoms with Gasteiger partial charge in [-0.25, -0.2) is 17.9 Å². The average molecular weight is 434 g/mol. The molecule has 8 nitrogen and oxygen atoms in total. The molecule has 0 bridgehead atoms. The molecule has 0 aliphatic heterocycles. The number of carbonyl (C=O) groups is 2. The van der Waals surface area contributed by atoms with Crippen molar-refractivity contribution in [2.45, 2.75) is 38.1 Å². The minimum atomic E-state index is -3.62. The summed E-state index contributed by atoms with van der Waals surface area (Å²) in [7, 11) is -2.03. The third-order valence-electron chi connectivity index (χ3n) is 4.45. The van der Waals surface area contributed by atoms with Gasteiger partial charge in [-0.1, -0.05) is 6.92 Å². The zero-order chi connectivity index (χ0) is 22.3. The zero-order valence-electron chi connectivity index (χ0n) is 17.5. The van der Waals surface area contributed by atoms with Gasteiger partial charge >= 0.3 is 6.09 Å². The van der Waals surface area contributed by atoms with Crippen LogP contribution in [0.1, 0.15) is 37.6 Å². The van der Waals surface area contributed by atoms with Crippen LogP contribution in [0, 0.1) is 0 Å². The third kappa shape index (κ3) is 6.04. The summed E-state index contributed by atoms with van der Waals surface area (Å²) in [4.78, 5) is 25.7. The Balaban J connectivity index is 2.05. The molecule has 1 unspecified atom stereocenters. The zero-order valence-corrected chi connectivity index (χ0v) is 18.3.